The number of rotatable bonds is 5. The second kappa shape index (κ2) is 5.53. The molecule has 0 radical (unpaired) electrons. The number of nitrogens with zero attached hydrogens (tertiary/aromatic N) is 1. The van der Waals surface area contributed by atoms with Crippen molar-refractivity contribution in [2.45, 2.75) is 26.3 Å². The summed E-state index contributed by atoms with van der Waals surface area (Å²) in [6.45, 7) is 5.05. The highest BCUT2D eigenvalue weighted by atomic mass is 16.4. The van der Waals surface area contributed by atoms with Crippen molar-refractivity contribution in [3.05, 3.63) is 30.2 Å². The molecule has 0 atom stereocenters. The molecular formula is C13H17NO4. The van der Waals surface area contributed by atoms with E-state index >= 15 is 0 Å². The molecule has 0 saturated heterocycles. The van der Waals surface area contributed by atoms with Crippen LogP contribution in [-0.4, -0.2) is 34.0 Å². The van der Waals surface area contributed by atoms with E-state index in [9.17, 15) is 9.59 Å². The lowest BCUT2D eigenvalue weighted by molar-refractivity contribution is -0.154. The van der Waals surface area contributed by atoms with E-state index < -0.39 is 11.5 Å². The number of likely N-dealkylation sites (N-methyl/N-ethyl adjacent to an activating group) is 1. The average Bonchev–Trinajstić information content (AvgIpc) is 2.79. The first kappa shape index (κ1) is 14.0. The summed E-state index contributed by atoms with van der Waals surface area (Å²) >= 11 is 0. The number of furan rings is 1. The molecule has 5 heteroatoms. The van der Waals surface area contributed by atoms with Gasteiger partial charge in [-0.05, 0) is 39.0 Å². The van der Waals surface area contributed by atoms with E-state index in [0.29, 0.717) is 12.3 Å². The van der Waals surface area contributed by atoms with E-state index in [1.165, 1.54) is 37.2 Å². The van der Waals surface area contributed by atoms with Crippen molar-refractivity contribution in [2.24, 2.45) is 0 Å². The van der Waals surface area contributed by atoms with E-state index in [1.54, 1.807) is 19.1 Å². The predicted molar refractivity (Wildman–Crippen MR) is 66.8 cm³/mol. The summed E-state index contributed by atoms with van der Waals surface area (Å²) in [4.78, 5) is 24.4. The smallest absolute Gasteiger partial charge is 0.329 e. The molecule has 1 aromatic heterocycles. The summed E-state index contributed by atoms with van der Waals surface area (Å²) in [7, 11) is 0. The van der Waals surface area contributed by atoms with Gasteiger partial charge in [-0.25, -0.2) is 4.79 Å². The number of hydrogen-bond acceptors (Lipinski definition) is 3. The van der Waals surface area contributed by atoms with Crippen LogP contribution in [0, 0.1) is 0 Å². The zero-order valence-electron chi connectivity index (χ0n) is 10.7. The summed E-state index contributed by atoms with van der Waals surface area (Å²) in [6.07, 6.45) is 4.33. The summed E-state index contributed by atoms with van der Waals surface area (Å²) in [5.41, 5.74) is -1.24. The molecule has 0 aliphatic carbocycles. The summed E-state index contributed by atoms with van der Waals surface area (Å²) in [6, 6.07) is 3.42. The molecule has 0 saturated carbocycles. The molecule has 0 spiro atoms. The highest BCUT2D eigenvalue weighted by molar-refractivity contribution is 5.95. The van der Waals surface area contributed by atoms with E-state index in [1.807, 2.05) is 0 Å². The molecule has 0 aliphatic rings. The first-order valence-corrected chi connectivity index (χ1v) is 5.66. The molecule has 0 bridgehead atoms. The van der Waals surface area contributed by atoms with Crippen LogP contribution in [0.3, 0.4) is 0 Å². The van der Waals surface area contributed by atoms with Crippen molar-refractivity contribution in [3.8, 4) is 0 Å². The molecule has 1 heterocycles. The molecule has 1 N–H and O–H groups in total. The predicted octanol–water partition coefficient (Wildman–Crippen LogP) is 2.00. The van der Waals surface area contributed by atoms with Crippen LogP contribution in [0.15, 0.2) is 28.9 Å². The Morgan fingerprint density at radius 2 is 2.17 bits per heavy atom. The third-order valence-electron chi connectivity index (χ3n) is 2.71. The summed E-state index contributed by atoms with van der Waals surface area (Å²) in [5, 5.41) is 9.11. The number of aliphatic carboxylic acids is 1. The van der Waals surface area contributed by atoms with E-state index in [2.05, 4.69) is 0 Å². The number of carboxylic acids is 1. The molecule has 0 aliphatic heterocycles. The largest absolute Gasteiger partial charge is 0.480 e. The number of hydrogen-bond donors (Lipinski definition) is 1. The molecule has 1 amide bonds. The number of amides is 1. The molecule has 18 heavy (non-hydrogen) atoms. The minimum atomic E-state index is -1.24. The SMILES string of the molecule is CCN(C(=O)/C=C/c1ccco1)C(C)(C)C(=O)O. The summed E-state index contributed by atoms with van der Waals surface area (Å²) in [5.74, 6) is -0.849. The molecule has 98 valence electrons. The van der Waals surface area contributed by atoms with Gasteiger partial charge in [0.05, 0.1) is 6.26 Å². The summed E-state index contributed by atoms with van der Waals surface area (Å²) < 4.78 is 5.06. The molecular weight excluding hydrogens is 234 g/mol. The molecule has 0 unspecified atom stereocenters. The fourth-order valence-electron chi connectivity index (χ4n) is 1.57. The van der Waals surface area contributed by atoms with Gasteiger partial charge in [-0.15, -0.1) is 0 Å². The van der Waals surface area contributed by atoms with Gasteiger partial charge in [-0.2, -0.15) is 0 Å². The second-order valence-corrected chi connectivity index (χ2v) is 4.30. The van der Waals surface area contributed by atoms with Gasteiger partial charge in [-0.1, -0.05) is 0 Å². The van der Waals surface area contributed by atoms with Crippen LogP contribution in [-0.2, 0) is 9.59 Å². The van der Waals surface area contributed by atoms with Crippen molar-refractivity contribution in [1.29, 1.82) is 0 Å². The maximum Gasteiger partial charge on any atom is 0.329 e. The zero-order chi connectivity index (χ0) is 13.8. The first-order chi connectivity index (χ1) is 8.39. The van der Waals surface area contributed by atoms with Crippen molar-refractivity contribution < 1.29 is 19.1 Å². The third-order valence-corrected chi connectivity index (χ3v) is 2.71. The Hall–Kier alpha value is -2.04. The van der Waals surface area contributed by atoms with Gasteiger partial charge in [0.15, 0.2) is 0 Å². The lowest BCUT2D eigenvalue weighted by atomic mass is 10.0. The van der Waals surface area contributed by atoms with Crippen LogP contribution in [0.25, 0.3) is 6.08 Å². The molecule has 5 nitrogen and oxygen atoms in total. The normalized spacial score (nSPS) is 11.7. The van der Waals surface area contributed by atoms with Crippen molar-refractivity contribution in [3.63, 3.8) is 0 Å². The van der Waals surface area contributed by atoms with Gasteiger partial charge in [0.2, 0.25) is 5.91 Å². The highest BCUT2D eigenvalue weighted by Crippen LogP contribution is 2.15. The van der Waals surface area contributed by atoms with E-state index in [-0.39, 0.29) is 5.91 Å². The Balaban J connectivity index is 2.84. The fourth-order valence-corrected chi connectivity index (χ4v) is 1.57. The number of carbonyl (C=O) groups excluding carboxylic acids is 1. The zero-order valence-corrected chi connectivity index (χ0v) is 10.7. The van der Waals surface area contributed by atoms with Crippen LogP contribution >= 0.6 is 0 Å². The van der Waals surface area contributed by atoms with E-state index in [0.717, 1.165) is 0 Å². The average molecular weight is 251 g/mol. The second-order valence-electron chi connectivity index (χ2n) is 4.30. The third kappa shape index (κ3) is 3.00. The molecule has 1 rings (SSSR count). The number of carbonyl (C=O) groups is 2. The van der Waals surface area contributed by atoms with Crippen molar-refractivity contribution in [2.75, 3.05) is 6.54 Å². The van der Waals surface area contributed by atoms with Crippen LogP contribution in [0.5, 0.6) is 0 Å². The maximum absolute atomic E-state index is 12.0. The Morgan fingerprint density at radius 3 is 2.61 bits per heavy atom. The van der Waals surface area contributed by atoms with Gasteiger partial charge in [-0.3, -0.25) is 4.79 Å². The van der Waals surface area contributed by atoms with E-state index in [4.69, 9.17) is 9.52 Å². The molecule has 0 fully saturated rings. The Labute approximate surface area is 106 Å². The topological polar surface area (TPSA) is 70.8 Å². The molecule has 0 aromatic carbocycles. The van der Waals surface area contributed by atoms with Gasteiger partial charge in [0.25, 0.3) is 0 Å². The quantitative estimate of drug-likeness (QED) is 0.812. The van der Waals surface area contributed by atoms with Crippen LogP contribution in [0.2, 0.25) is 0 Å². The fraction of sp³-hybridized carbons (Fsp3) is 0.385. The van der Waals surface area contributed by atoms with Gasteiger partial charge in [0.1, 0.15) is 11.3 Å². The minimum Gasteiger partial charge on any atom is -0.480 e. The lowest BCUT2D eigenvalue weighted by Gasteiger charge is -2.33. The Morgan fingerprint density at radius 1 is 1.50 bits per heavy atom. The standard InChI is InChI=1S/C13H17NO4/c1-4-14(13(2,3)12(16)17)11(15)8-7-10-6-5-9-18-10/h5-9H,4H2,1-3H3,(H,16,17)/b8-7+. The van der Waals surface area contributed by atoms with Gasteiger partial charge in [0, 0.05) is 12.6 Å². The number of carboxylic acid groups (broad SMARTS) is 1. The van der Waals surface area contributed by atoms with Crippen LogP contribution in [0.1, 0.15) is 26.5 Å². The van der Waals surface area contributed by atoms with Crippen LogP contribution < -0.4 is 0 Å². The minimum absolute atomic E-state index is 0.320. The van der Waals surface area contributed by atoms with Crippen LogP contribution in [0.4, 0.5) is 0 Å². The lowest BCUT2D eigenvalue weighted by Crippen LogP contribution is -2.52. The highest BCUT2D eigenvalue weighted by Gasteiger charge is 2.35. The monoisotopic (exact) mass is 251 g/mol. The van der Waals surface area contributed by atoms with Crippen molar-refractivity contribution >= 4 is 18.0 Å². The Bertz CT molecular complexity index is 446. The first-order valence-electron chi connectivity index (χ1n) is 5.66. The van der Waals surface area contributed by atoms with Gasteiger partial charge >= 0.3 is 5.97 Å². The molecule has 1 aromatic rings. The van der Waals surface area contributed by atoms with Crippen molar-refractivity contribution in [1.82, 2.24) is 4.90 Å². The van der Waals surface area contributed by atoms with Gasteiger partial charge < -0.3 is 14.4 Å². The maximum atomic E-state index is 12.0. The Kier molecular flexibility index (Phi) is 4.31.